The smallest absolute Gasteiger partial charge is 0.132 e. The summed E-state index contributed by atoms with van der Waals surface area (Å²) in [7, 11) is 3.30. The van der Waals surface area contributed by atoms with Crippen molar-refractivity contribution in [3.63, 3.8) is 0 Å². The lowest BCUT2D eigenvalue weighted by Crippen LogP contribution is -2.20. The lowest BCUT2D eigenvalue weighted by atomic mass is 10.1. The maximum atomic E-state index is 5.28. The van der Waals surface area contributed by atoms with E-state index in [0.29, 0.717) is 0 Å². The number of benzene rings is 1. The Kier molecular flexibility index (Phi) is 2.76. The summed E-state index contributed by atoms with van der Waals surface area (Å²) in [6.07, 6.45) is 0. The normalized spacial score (nSPS) is 14.4. The van der Waals surface area contributed by atoms with Crippen LogP contribution in [0.2, 0.25) is 0 Å². The van der Waals surface area contributed by atoms with Crippen molar-refractivity contribution < 1.29 is 9.47 Å². The number of rotatable bonds is 3. The van der Waals surface area contributed by atoms with Gasteiger partial charge in [-0.05, 0) is 18.2 Å². The fraction of sp³-hybridized carbons (Fsp3) is 0.364. The molecule has 1 aromatic rings. The lowest BCUT2D eigenvalue weighted by Gasteiger charge is -2.10. The highest BCUT2D eigenvalue weighted by atomic mass is 16.5. The molecule has 4 heteroatoms. The van der Waals surface area contributed by atoms with Gasteiger partial charge in [0.15, 0.2) is 0 Å². The first kappa shape index (κ1) is 9.83. The van der Waals surface area contributed by atoms with Crippen LogP contribution in [0, 0.1) is 0 Å². The third-order valence-corrected chi connectivity index (χ3v) is 2.34. The zero-order chi connectivity index (χ0) is 10.7. The summed E-state index contributed by atoms with van der Waals surface area (Å²) in [4.78, 5) is 4.36. The first-order chi connectivity index (χ1) is 7.35. The number of methoxy groups -OCH3 is 2. The minimum Gasteiger partial charge on any atom is -0.497 e. The van der Waals surface area contributed by atoms with E-state index in [1.807, 2.05) is 18.2 Å². The van der Waals surface area contributed by atoms with Crippen LogP contribution in [0.1, 0.15) is 5.56 Å². The van der Waals surface area contributed by atoms with Crippen molar-refractivity contribution in [2.45, 2.75) is 0 Å². The van der Waals surface area contributed by atoms with Gasteiger partial charge in [0.2, 0.25) is 0 Å². The quantitative estimate of drug-likeness (QED) is 0.804. The fourth-order valence-electron chi connectivity index (χ4n) is 1.58. The van der Waals surface area contributed by atoms with E-state index in [2.05, 4.69) is 10.3 Å². The van der Waals surface area contributed by atoms with Gasteiger partial charge in [0, 0.05) is 6.54 Å². The lowest BCUT2D eigenvalue weighted by molar-refractivity contribution is 0.402. The van der Waals surface area contributed by atoms with Gasteiger partial charge < -0.3 is 14.8 Å². The molecule has 4 nitrogen and oxygen atoms in total. The van der Waals surface area contributed by atoms with Crippen molar-refractivity contribution in [3.05, 3.63) is 23.8 Å². The van der Waals surface area contributed by atoms with Crippen molar-refractivity contribution >= 4 is 5.84 Å². The van der Waals surface area contributed by atoms with Crippen molar-refractivity contribution in [1.82, 2.24) is 5.32 Å². The van der Waals surface area contributed by atoms with Crippen LogP contribution in [0.25, 0.3) is 0 Å². The van der Waals surface area contributed by atoms with Gasteiger partial charge in [0.05, 0.1) is 26.3 Å². The molecule has 0 atom stereocenters. The van der Waals surface area contributed by atoms with Crippen LogP contribution in [0.4, 0.5) is 0 Å². The van der Waals surface area contributed by atoms with Crippen LogP contribution < -0.4 is 14.8 Å². The molecule has 0 unspecified atom stereocenters. The van der Waals surface area contributed by atoms with E-state index in [0.717, 1.165) is 36.0 Å². The molecule has 0 radical (unpaired) electrons. The molecule has 0 fully saturated rings. The van der Waals surface area contributed by atoms with E-state index in [1.54, 1.807) is 14.2 Å². The molecule has 1 aliphatic heterocycles. The molecule has 0 spiro atoms. The Hall–Kier alpha value is -1.71. The minimum absolute atomic E-state index is 0.808. The number of nitrogens with zero attached hydrogens (tertiary/aromatic N) is 1. The Morgan fingerprint density at radius 1 is 1.27 bits per heavy atom. The second-order valence-electron chi connectivity index (χ2n) is 3.22. The topological polar surface area (TPSA) is 42.9 Å². The summed E-state index contributed by atoms with van der Waals surface area (Å²) in [5.41, 5.74) is 0.953. The Labute approximate surface area is 88.9 Å². The zero-order valence-electron chi connectivity index (χ0n) is 8.91. The molecule has 0 amide bonds. The zero-order valence-corrected chi connectivity index (χ0v) is 8.91. The summed E-state index contributed by atoms with van der Waals surface area (Å²) in [6, 6.07) is 5.69. The molecule has 2 rings (SSSR count). The first-order valence-corrected chi connectivity index (χ1v) is 4.86. The van der Waals surface area contributed by atoms with Gasteiger partial charge >= 0.3 is 0 Å². The van der Waals surface area contributed by atoms with E-state index in [1.165, 1.54) is 0 Å². The monoisotopic (exact) mass is 206 g/mol. The van der Waals surface area contributed by atoms with Gasteiger partial charge in [-0.25, -0.2) is 0 Å². The summed E-state index contributed by atoms with van der Waals surface area (Å²) >= 11 is 0. The highest BCUT2D eigenvalue weighted by Crippen LogP contribution is 2.24. The van der Waals surface area contributed by atoms with Gasteiger partial charge in [-0.2, -0.15) is 0 Å². The van der Waals surface area contributed by atoms with Crippen LogP contribution >= 0.6 is 0 Å². The Morgan fingerprint density at radius 2 is 2.13 bits per heavy atom. The fourth-order valence-corrected chi connectivity index (χ4v) is 1.58. The molecule has 1 aromatic carbocycles. The van der Waals surface area contributed by atoms with E-state index < -0.39 is 0 Å². The Morgan fingerprint density at radius 3 is 2.73 bits per heavy atom. The molecule has 0 saturated carbocycles. The second-order valence-corrected chi connectivity index (χ2v) is 3.22. The highest BCUT2D eigenvalue weighted by molar-refractivity contribution is 6.02. The molecular weight excluding hydrogens is 192 g/mol. The molecule has 0 saturated heterocycles. The Bertz CT molecular complexity index is 388. The van der Waals surface area contributed by atoms with Gasteiger partial charge in [-0.1, -0.05) is 0 Å². The molecule has 0 aliphatic carbocycles. The standard InChI is InChI=1S/C11H14N2O2/c1-14-8-3-4-10(15-2)9(7-8)11-12-5-6-13-11/h3-4,7H,5-6H2,1-2H3,(H,12,13). The van der Waals surface area contributed by atoms with Crippen molar-refractivity contribution in [3.8, 4) is 11.5 Å². The third-order valence-electron chi connectivity index (χ3n) is 2.34. The third kappa shape index (κ3) is 1.88. The van der Waals surface area contributed by atoms with Crippen molar-refractivity contribution in [1.29, 1.82) is 0 Å². The second kappa shape index (κ2) is 4.21. The summed E-state index contributed by atoms with van der Waals surface area (Å²) in [6.45, 7) is 1.70. The van der Waals surface area contributed by atoms with Crippen LogP contribution in [0.15, 0.2) is 23.2 Å². The van der Waals surface area contributed by atoms with E-state index in [9.17, 15) is 0 Å². The van der Waals surface area contributed by atoms with Crippen LogP contribution in [0.5, 0.6) is 11.5 Å². The average molecular weight is 206 g/mol. The highest BCUT2D eigenvalue weighted by Gasteiger charge is 2.13. The van der Waals surface area contributed by atoms with Gasteiger partial charge in [-0.15, -0.1) is 0 Å². The van der Waals surface area contributed by atoms with Gasteiger partial charge in [-0.3, -0.25) is 4.99 Å². The minimum atomic E-state index is 0.808. The SMILES string of the molecule is COc1ccc(OC)c(C2=NCCN2)c1. The first-order valence-electron chi connectivity index (χ1n) is 4.86. The molecule has 0 aromatic heterocycles. The summed E-state index contributed by atoms with van der Waals surface area (Å²) in [5, 5.41) is 3.21. The Balaban J connectivity index is 2.41. The molecular formula is C11H14N2O2. The predicted molar refractivity (Wildman–Crippen MR) is 59.0 cm³/mol. The van der Waals surface area contributed by atoms with Gasteiger partial charge in [0.25, 0.3) is 0 Å². The number of hydrogen-bond donors (Lipinski definition) is 1. The van der Waals surface area contributed by atoms with E-state index in [-0.39, 0.29) is 0 Å². The molecule has 15 heavy (non-hydrogen) atoms. The molecule has 1 N–H and O–H groups in total. The van der Waals surface area contributed by atoms with Crippen LogP contribution in [-0.4, -0.2) is 33.1 Å². The summed E-state index contributed by atoms with van der Waals surface area (Å²) in [5.74, 6) is 2.50. The number of hydrogen-bond acceptors (Lipinski definition) is 4. The number of ether oxygens (including phenoxy) is 2. The number of amidine groups is 1. The molecule has 1 heterocycles. The largest absolute Gasteiger partial charge is 0.497 e. The van der Waals surface area contributed by atoms with E-state index in [4.69, 9.17) is 9.47 Å². The maximum Gasteiger partial charge on any atom is 0.132 e. The predicted octanol–water partition coefficient (Wildman–Crippen LogP) is 1.05. The molecule has 80 valence electrons. The number of nitrogens with one attached hydrogen (secondary N) is 1. The van der Waals surface area contributed by atoms with Crippen LogP contribution in [-0.2, 0) is 0 Å². The summed E-state index contributed by atoms with van der Waals surface area (Å²) < 4.78 is 10.5. The van der Waals surface area contributed by atoms with Crippen molar-refractivity contribution in [2.75, 3.05) is 27.3 Å². The van der Waals surface area contributed by atoms with Gasteiger partial charge in [0.1, 0.15) is 17.3 Å². The maximum absolute atomic E-state index is 5.28. The molecule has 1 aliphatic rings. The van der Waals surface area contributed by atoms with Crippen molar-refractivity contribution in [2.24, 2.45) is 4.99 Å². The van der Waals surface area contributed by atoms with Crippen LogP contribution in [0.3, 0.4) is 0 Å². The average Bonchev–Trinajstić information content (AvgIpc) is 2.81. The van der Waals surface area contributed by atoms with E-state index >= 15 is 0 Å². The molecule has 0 bridgehead atoms. The number of aliphatic imine (C=N–C) groups is 1.